The fourth-order valence-corrected chi connectivity index (χ4v) is 2.64. The molecule has 7 nitrogen and oxygen atoms in total. The minimum absolute atomic E-state index is 0.229. The van der Waals surface area contributed by atoms with Crippen molar-refractivity contribution in [1.29, 1.82) is 0 Å². The highest BCUT2D eigenvalue weighted by atomic mass is 32.1. The van der Waals surface area contributed by atoms with Crippen LogP contribution in [0.4, 0.5) is 5.13 Å². The van der Waals surface area contributed by atoms with Gasteiger partial charge in [-0.2, -0.15) is 0 Å². The number of H-pyrrole nitrogens is 1. The molecule has 0 radical (unpaired) electrons. The van der Waals surface area contributed by atoms with Crippen LogP contribution in [0.2, 0.25) is 0 Å². The summed E-state index contributed by atoms with van der Waals surface area (Å²) in [5, 5.41) is 0.229. The molecule has 3 N–H and O–H groups in total. The summed E-state index contributed by atoms with van der Waals surface area (Å²) in [5.74, 6) is 0.594. The molecule has 0 saturated heterocycles. The summed E-state index contributed by atoms with van der Waals surface area (Å²) in [5.41, 5.74) is 5.36. The van der Waals surface area contributed by atoms with Crippen molar-refractivity contribution in [1.82, 2.24) is 14.5 Å². The molecule has 0 fully saturated rings. The minimum atomic E-state index is -0.568. The third kappa shape index (κ3) is 1.86. The van der Waals surface area contributed by atoms with Crippen molar-refractivity contribution in [2.45, 2.75) is 0 Å². The number of nitrogens with two attached hydrogens (primary N) is 1. The van der Waals surface area contributed by atoms with Crippen LogP contribution < -0.4 is 21.7 Å². The van der Waals surface area contributed by atoms with Gasteiger partial charge in [-0.1, -0.05) is 17.4 Å². The number of hydrogen-bond donors (Lipinski definition) is 2. The summed E-state index contributed by atoms with van der Waals surface area (Å²) >= 11 is 1.04. The summed E-state index contributed by atoms with van der Waals surface area (Å²) in [4.78, 5) is 30.1. The third-order valence-electron chi connectivity index (χ3n) is 2.78. The van der Waals surface area contributed by atoms with Crippen molar-refractivity contribution in [3.05, 3.63) is 45.1 Å². The van der Waals surface area contributed by atoms with E-state index >= 15 is 0 Å². The lowest BCUT2D eigenvalue weighted by atomic mass is 10.3. The second-order valence-corrected chi connectivity index (χ2v) is 5.03. The highest BCUT2D eigenvalue weighted by Gasteiger charge is 2.14. The van der Waals surface area contributed by atoms with E-state index in [1.165, 1.54) is 11.7 Å². The largest absolute Gasteiger partial charge is 0.497 e. The maximum atomic E-state index is 12.1. The number of ether oxygens (including phenoxy) is 1. The first kappa shape index (κ1) is 12.4. The van der Waals surface area contributed by atoms with E-state index in [0.717, 1.165) is 11.3 Å². The second-order valence-electron chi connectivity index (χ2n) is 4.00. The lowest BCUT2D eigenvalue weighted by Gasteiger charge is -2.07. The van der Waals surface area contributed by atoms with Crippen LogP contribution in [0.15, 0.2) is 33.9 Å². The fourth-order valence-electron chi connectivity index (χ4n) is 1.92. The number of hydrogen-bond acceptors (Lipinski definition) is 6. The highest BCUT2D eigenvalue weighted by molar-refractivity contribution is 7.21. The van der Waals surface area contributed by atoms with E-state index < -0.39 is 11.2 Å². The van der Waals surface area contributed by atoms with Crippen LogP contribution in [-0.2, 0) is 0 Å². The van der Waals surface area contributed by atoms with Gasteiger partial charge >= 0.3 is 5.69 Å². The van der Waals surface area contributed by atoms with Crippen molar-refractivity contribution < 1.29 is 4.74 Å². The molecule has 2 heterocycles. The molecule has 0 aliphatic rings. The Bertz CT molecular complexity index is 909. The van der Waals surface area contributed by atoms with Crippen LogP contribution in [0.25, 0.3) is 16.0 Å². The van der Waals surface area contributed by atoms with Crippen molar-refractivity contribution in [2.24, 2.45) is 0 Å². The molecular formula is C12H10N4O3S. The molecule has 8 heteroatoms. The van der Waals surface area contributed by atoms with E-state index in [9.17, 15) is 9.59 Å². The van der Waals surface area contributed by atoms with E-state index in [0.29, 0.717) is 16.1 Å². The van der Waals surface area contributed by atoms with Crippen LogP contribution in [-0.4, -0.2) is 21.6 Å². The molecule has 102 valence electrons. The Balaban J connectivity index is 2.41. The number of methoxy groups -OCH3 is 1. The monoisotopic (exact) mass is 290 g/mol. The van der Waals surface area contributed by atoms with E-state index in [2.05, 4.69) is 9.97 Å². The van der Waals surface area contributed by atoms with E-state index in [1.54, 1.807) is 24.3 Å². The minimum Gasteiger partial charge on any atom is -0.497 e. The molecule has 0 bridgehead atoms. The van der Waals surface area contributed by atoms with Crippen molar-refractivity contribution in [3.63, 3.8) is 0 Å². The SMILES string of the molecule is COc1cccc(-n2c(=O)[nH]c(=O)c3sc(N)nc32)c1. The predicted octanol–water partition coefficient (Wildman–Crippen LogP) is 0.726. The smallest absolute Gasteiger partial charge is 0.334 e. The Morgan fingerprint density at radius 1 is 1.40 bits per heavy atom. The highest BCUT2D eigenvalue weighted by Crippen LogP contribution is 2.22. The topological polar surface area (TPSA) is 103 Å². The van der Waals surface area contributed by atoms with Gasteiger partial charge in [-0.05, 0) is 12.1 Å². The maximum absolute atomic E-state index is 12.1. The van der Waals surface area contributed by atoms with Gasteiger partial charge in [0.1, 0.15) is 10.4 Å². The van der Waals surface area contributed by atoms with Gasteiger partial charge in [0, 0.05) is 6.07 Å². The van der Waals surface area contributed by atoms with Crippen LogP contribution in [0.5, 0.6) is 5.75 Å². The van der Waals surface area contributed by atoms with Gasteiger partial charge in [0.25, 0.3) is 5.56 Å². The van der Waals surface area contributed by atoms with Gasteiger partial charge in [0.15, 0.2) is 10.8 Å². The number of aromatic amines is 1. The third-order valence-corrected chi connectivity index (χ3v) is 3.65. The number of aromatic nitrogens is 3. The van der Waals surface area contributed by atoms with Crippen LogP contribution >= 0.6 is 11.3 Å². The molecule has 0 spiro atoms. The molecule has 0 aliphatic heterocycles. The number of fused-ring (bicyclic) bond motifs is 1. The zero-order valence-electron chi connectivity index (χ0n) is 10.4. The first-order chi connectivity index (χ1) is 9.60. The molecule has 0 amide bonds. The van der Waals surface area contributed by atoms with E-state index in [-0.39, 0.29) is 10.8 Å². The number of benzene rings is 1. The summed E-state index contributed by atoms with van der Waals surface area (Å²) in [6, 6.07) is 6.89. The summed E-state index contributed by atoms with van der Waals surface area (Å²) in [7, 11) is 1.53. The Morgan fingerprint density at radius 3 is 2.95 bits per heavy atom. The molecule has 0 atom stereocenters. The number of rotatable bonds is 2. The second kappa shape index (κ2) is 4.49. The van der Waals surface area contributed by atoms with Gasteiger partial charge in [-0.15, -0.1) is 0 Å². The Labute approximate surface area is 116 Å². The molecule has 2 aromatic heterocycles. The van der Waals surface area contributed by atoms with Gasteiger partial charge in [-0.25, -0.2) is 14.3 Å². The van der Waals surface area contributed by atoms with Crippen molar-refractivity contribution in [2.75, 3.05) is 12.8 Å². The molecule has 0 unspecified atom stereocenters. The summed E-state index contributed by atoms with van der Waals surface area (Å²) in [6.07, 6.45) is 0. The standard InChI is InChI=1S/C12H10N4O3S/c1-19-7-4-2-3-6(5-7)16-9-8(20-11(13)14-9)10(17)15-12(16)18/h2-5H,1H3,(H2,13,14)(H,15,17,18). The molecule has 3 aromatic rings. The quantitative estimate of drug-likeness (QED) is 0.724. The Hall–Kier alpha value is -2.61. The first-order valence-electron chi connectivity index (χ1n) is 5.66. The average molecular weight is 290 g/mol. The average Bonchev–Trinajstić information content (AvgIpc) is 2.81. The zero-order valence-corrected chi connectivity index (χ0v) is 11.2. The van der Waals surface area contributed by atoms with Crippen LogP contribution in [0.3, 0.4) is 0 Å². The van der Waals surface area contributed by atoms with Crippen LogP contribution in [0, 0.1) is 0 Å². The lowest BCUT2D eigenvalue weighted by Crippen LogP contribution is -2.28. The number of nitrogens with one attached hydrogen (secondary N) is 1. The zero-order chi connectivity index (χ0) is 14.3. The molecule has 0 saturated carbocycles. The molecular weight excluding hydrogens is 280 g/mol. The molecule has 0 aliphatic carbocycles. The number of thiazole rings is 1. The normalized spacial score (nSPS) is 10.8. The predicted molar refractivity (Wildman–Crippen MR) is 76.8 cm³/mol. The van der Waals surface area contributed by atoms with E-state index in [1.807, 2.05) is 0 Å². The van der Waals surface area contributed by atoms with Gasteiger partial charge in [0.2, 0.25) is 0 Å². The Kier molecular flexibility index (Phi) is 2.79. The van der Waals surface area contributed by atoms with E-state index in [4.69, 9.17) is 10.5 Å². The van der Waals surface area contributed by atoms with Crippen molar-refractivity contribution in [3.8, 4) is 11.4 Å². The maximum Gasteiger partial charge on any atom is 0.334 e. The van der Waals surface area contributed by atoms with Gasteiger partial charge < -0.3 is 10.5 Å². The molecule has 1 aromatic carbocycles. The number of nitrogen functional groups attached to an aromatic ring is 1. The molecule has 3 rings (SSSR count). The summed E-state index contributed by atoms with van der Waals surface area (Å²) < 4.78 is 6.74. The Morgan fingerprint density at radius 2 is 2.20 bits per heavy atom. The number of anilines is 1. The van der Waals surface area contributed by atoms with Crippen molar-refractivity contribution >= 4 is 26.8 Å². The first-order valence-corrected chi connectivity index (χ1v) is 6.47. The number of nitrogens with zero attached hydrogens (tertiary/aromatic N) is 2. The van der Waals surface area contributed by atoms with Crippen LogP contribution in [0.1, 0.15) is 0 Å². The molecule has 20 heavy (non-hydrogen) atoms. The fraction of sp³-hybridized carbons (Fsp3) is 0.0833. The summed E-state index contributed by atoms with van der Waals surface area (Å²) in [6.45, 7) is 0. The lowest BCUT2D eigenvalue weighted by molar-refractivity contribution is 0.414. The van der Waals surface area contributed by atoms with Gasteiger partial charge in [-0.3, -0.25) is 9.78 Å². The van der Waals surface area contributed by atoms with Gasteiger partial charge in [0.05, 0.1) is 12.8 Å².